The van der Waals surface area contributed by atoms with Crippen molar-refractivity contribution in [2.45, 2.75) is 70.9 Å². The van der Waals surface area contributed by atoms with Crippen LogP contribution in [0.2, 0.25) is 0 Å². The summed E-state index contributed by atoms with van der Waals surface area (Å²) < 4.78 is 29.1. The molecule has 32 heavy (non-hydrogen) atoms. The number of sulfone groups is 1. The maximum absolute atomic E-state index is 12.9. The monoisotopic (exact) mass is 463 g/mol. The van der Waals surface area contributed by atoms with Crippen LogP contribution in [0.5, 0.6) is 0 Å². The van der Waals surface area contributed by atoms with Gasteiger partial charge in [0.25, 0.3) is 11.5 Å². The minimum Gasteiger partial charge on any atom is -0.456 e. The summed E-state index contributed by atoms with van der Waals surface area (Å²) in [5.41, 5.74) is 1.39. The molecule has 2 fully saturated rings. The van der Waals surface area contributed by atoms with Gasteiger partial charge in [0.1, 0.15) is 11.6 Å². The van der Waals surface area contributed by atoms with Crippen molar-refractivity contribution in [3.8, 4) is 6.07 Å². The van der Waals surface area contributed by atoms with Gasteiger partial charge in [-0.25, -0.2) is 8.42 Å². The number of H-pyrrole nitrogens is 1. The second kappa shape index (κ2) is 9.86. The van der Waals surface area contributed by atoms with Gasteiger partial charge in [-0.3, -0.25) is 14.4 Å². The van der Waals surface area contributed by atoms with E-state index >= 15 is 0 Å². The molecule has 3 rings (SSSR count). The molecule has 0 unspecified atom stereocenters. The first-order chi connectivity index (χ1) is 15.1. The number of nitrogens with one attached hydrogen (secondary N) is 1. The van der Waals surface area contributed by atoms with Crippen LogP contribution in [0.3, 0.4) is 0 Å². The SMILES string of the molecule is Cc1[nH]c(=O)c(C#N)c(C)c1CCC(=O)OCC(=O)N(C1CCCC1)[C@@H]1CCS(=O)(=O)C1. The third kappa shape index (κ3) is 5.38. The Morgan fingerprint density at radius 3 is 2.47 bits per heavy atom. The lowest BCUT2D eigenvalue weighted by molar-refractivity contribution is -0.154. The van der Waals surface area contributed by atoms with E-state index in [-0.39, 0.29) is 47.9 Å². The molecule has 1 aromatic heterocycles. The molecule has 0 radical (unpaired) electrons. The van der Waals surface area contributed by atoms with Crippen molar-refractivity contribution in [1.29, 1.82) is 5.26 Å². The van der Waals surface area contributed by atoms with Gasteiger partial charge in [0.15, 0.2) is 16.4 Å². The zero-order valence-corrected chi connectivity index (χ0v) is 19.3. The number of rotatable bonds is 7. The van der Waals surface area contributed by atoms with Crippen LogP contribution >= 0.6 is 0 Å². The lowest BCUT2D eigenvalue weighted by Gasteiger charge is -2.33. The van der Waals surface area contributed by atoms with E-state index in [9.17, 15) is 22.8 Å². The van der Waals surface area contributed by atoms with Gasteiger partial charge in [0.2, 0.25) is 0 Å². The Balaban J connectivity index is 1.60. The molecule has 1 aromatic rings. The van der Waals surface area contributed by atoms with Crippen molar-refractivity contribution >= 4 is 21.7 Å². The number of esters is 1. The van der Waals surface area contributed by atoms with Crippen molar-refractivity contribution in [1.82, 2.24) is 9.88 Å². The van der Waals surface area contributed by atoms with Crippen LogP contribution in [0.15, 0.2) is 4.79 Å². The van der Waals surface area contributed by atoms with Gasteiger partial charge in [-0.2, -0.15) is 5.26 Å². The quantitative estimate of drug-likeness (QED) is 0.602. The number of amides is 1. The molecule has 2 aliphatic rings. The first-order valence-corrected chi connectivity index (χ1v) is 12.7. The average Bonchev–Trinajstić information content (AvgIpc) is 3.36. The van der Waals surface area contributed by atoms with Crippen LogP contribution < -0.4 is 5.56 Å². The summed E-state index contributed by atoms with van der Waals surface area (Å²) >= 11 is 0. The Hall–Kier alpha value is -2.67. The zero-order valence-electron chi connectivity index (χ0n) is 18.5. The lowest BCUT2D eigenvalue weighted by atomic mass is 9.99. The normalized spacial score (nSPS) is 20.1. The number of hydrogen-bond acceptors (Lipinski definition) is 7. The fourth-order valence-corrected chi connectivity index (χ4v) is 6.53. The van der Waals surface area contributed by atoms with Gasteiger partial charge in [-0.05, 0) is 50.7 Å². The fraction of sp³-hybridized carbons (Fsp3) is 0.636. The smallest absolute Gasteiger partial charge is 0.306 e. The Bertz CT molecular complexity index is 1100. The number of nitrogens with zero attached hydrogens (tertiary/aromatic N) is 2. The maximum Gasteiger partial charge on any atom is 0.306 e. The van der Waals surface area contributed by atoms with Crippen LogP contribution in [0.25, 0.3) is 0 Å². The minimum absolute atomic E-state index is 0.00431. The molecule has 1 aliphatic carbocycles. The average molecular weight is 464 g/mol. The minimum atomic E-state index is -3.14. The molecular formula is C22H29N3O6S. The molecule has 0 bridgehead atoms. The number of aromatic nitrogens is 1. The van der Waals surface area contributed by atoms with Crippen LogP contribution in [0.4, 0.5) is 0 Å². The number of hydrogen-bond donors (Lipinski definition) is 1. The number of carbonyl (C=O) groups is 2. The Kier molecular flexibility index (Phi) is 7.39. The standard InChI is InChI=1S/C22H29N3O6S/c1-14-18(15(2)24-22(28)19(14)11-23)7-8-21(27)31-12-20(26)25(16-5-3-4-6-16)17-9-10-32(29,30)13-17/h16-17H,3-10,12-13H2,1-2H3,(H,24,28)/t17-/m1/s1. The molecule has 1 amide bonds. The third-order valence-electron chi connectivity index (χ3n) is 6.46. The van der Waals surface area contributed by atoms with E-state index in [4.69, 9.17) is 10.00 Å². The van der Waals surface area contributed by atoms with E-state index in [1.165, 1.54) is 0 Å². The van der Waals surface area contributed by atoms with E-state index < -0.39 is 28.0 Å². The molecule has 1 aliphatic heterocycles. The molecule has 1 saturated carbocycles. The highest BCUT2D eigenvalue weighted by molar-refractivity contribution is 7.91. The molecule has 1 saturated heterocycles. The molecule has 0 spiro atoms. The number of aryl methyl sites for hydroxylation is 1. The number of pyridine rings is 1. The van der Waals surface area contributed by atoms with Crippen molar-refractivity contribution in [3.63, 3.8) is 0 Å². The predicted octanol–water partition coefficient (Wildman–Crippen LogP) is 1.30. The van der Waals surface area contributed by atoms with Crippen LogP contribution in [-0.4, -0.2) is 60.4 Å². The summed E-state index contributed by atoms with van der Waals surface area (Å²) in [4.78, 5) is 41.3. The number of nitriles is 1. The Morgan fingerprint density at radius 1 is 1.19 bits per heavy atom. The van der Waals surface area contributed by atoms with Gasteiger partial charge < -0.3 is 14.6 Å². The molecule has 10 heteroatoms. The third-order valence-corrected chi connectivity index (χ3v) is 8.21. The molecule has 174 valence electrons. The summed E-state index contributed by atoms with van der Waals surface area (Å²) in [5, 5.41) is 9.16. The summed E-state index contributed by atoms with van der Waals surface area (Å²) in [6.45, 7) is 2.95. The van der Waals surface area contributed by atoms with Crippen molar-refractivity contribution in [2.75, 3.05) is 18.1 Å². The Morgan fingerprint density at radius 2 is 1.88 bits per heavy atom. The van der Waals surface area contributed by atoms with E-state index in [2.05, 4.69) is 4.98 Å². The zero-order chi connectivity index (χ0) is 23.5. The number of carbonyl (C=O) groups excluding carboxylic acids is 2. The fourth-order valence-electron chi connectivity index (χ4n) is 4.82. The Labute approximate surface area is 187 Å². The summed E-state index contributed by atoms with van der Waals surface area (Å²) in [5.74, 6) is -0.867. The van der Waals surface area contributed by atoms with Crippen LogP contribution in [-0.2, 0) is 30.6 Å². The second-order valence-electron chi connectivity index (χ2n) is 8.63. The van der Waals surface area contributed by atoms with Gasteiger partial charge in [0, 0.05) is 24.2 Å². The van der Waals surface area contributed by atoms with Crippen LogP contribution in [0.1, 0.15) is 60.9 Å². The highest BCUT2D eigenvalue weighted by Gasteiger charge is 2.39. The first-order valence-electron chi connectivity index (χ1n) is 10.9. The van der Waals surface area contributed by atoms with Crippen molar-refractivity contribution in [2.24, 2.45) is 0 Å². The molecule has 9 nitrogen and oxygen atoms in total. The van der Waals surface area contributed by atoms with Gasteiger partial charge in [-0.1, -0.05) is 12.8 Å². The van der Waals surface area contributed by atoms with Gasteiger partial charge in [0.05, 0.1) is 11.5 Å². The van der Waals surface area contributed by atoms with Gasteiger partial charge in [-0.15, -0.1) is 0 Å². The predicted molar refractivity (Wildman–Crippen MR) is 117 cm³/mol. The van der Waals surface area contributed by atoms with E-state index in [0.29, 0.717) is 23.2 Å². The summed E-state index contributed by atoms with van der Waals surface area (Å²) in [7, 11) is -3.14. The highest BCUT2D eigenvalue weighted by atomic mass is 32.2. The van der Waals surface area contributed by atoms with E-state index in [1.54, 1.807) is 18.7 Å². The summed E-state index contributed by atoms with van der Waals surface area (Å²) in [6.07, 6.45) is 4.35. The number of aromatic amines is 1. The molecule has 0 aromatic carbocycles. The molecule has 1 N–H and O–H groups in total. The first kappa shape index (κ1) is 24.0. The summed E-state index contributed by atoms with van der Waals surface area (Å²) in [6, 6.07) is 1.52. The maximum atomic E-state index is 12.9. The molecule has 1 atom stereocenters. The second-order valence-corrected chi connectivity index (χ2v) is 10.9. The topological polar surface area (TPSA) is 137 Å². The van der Waals surface area contributed by atoms with E-state index in [1.807, 2.05) is 6.07 Å². The van der Waals surface area contributed by atoms with Crippen molar-refractivity contribution < 1.29 is 22.7 Å². The van der Waals surface area contributed by atoms with Crippen LogP contribution in [0, 0.1) is 25.2 Å². The highest BCUT2D eigenvalue weighted by Crippen LogP contribution is 2.29. The van der Waals surface area contributed by atoms with E-state index in [0.717, 1.165) is 25.7 Å². The van der Waals surface area contributed by atoms with Gasteiger partial charge >= 0.3 is 5.97 Å². The number of ether oxygens (including phenoxy) is 1. The lowest BCUT2D eigenvalue weighted by Crippen LogP contribution is -2.48. The van der Waals surface area contributed by atoms with Crippen molar-refractivity contribution in [3.05, 3.63) is 32.7 Å². The largest absolute Gasteiger partial charge is 0.456 e. The molecular weight excluding hydrogens is 434 g/mol. The molecule has 2 heterocycles.